The number of nitrogens with zero attached hydrogens (tertiary/aromatic N) is 2. The predicted molar refractivity (Wildman–Crippen MR) is 99.8 cm³/mol. The average molecular weight is 368 g/mol. The molecule has 0 spiro atoms. The fourth-order valence-corrected chi connectivity index (χ4v) is 3.70. The molecule has 2 aliphatic heterocycles. The first-order chi connectivity index (χ1) is 13.1. The molecule has 0 aliphatic carbocycles. The van der Waals surface area contributed by atoms with Crippen molar-refractivity contribution in [2.45, 2.75) is 12.8 Å². The van der Waals surface area contributed by atoms with Gasteiger partial charge in [-0.15, -0.1) is 0 Å². The lowest BCUT2D eigenvalue weighted by Crippen LogP contribution is -2.36. The summed E-state index contributed by atoms with van der Waals surface area (Å²) in [6.45, 7) is 2.24. The van der Waals surface area contributed by atoms with Crippen molar-refractivity contribution >= 4 is 17.2 Å². The van der Waals surface area contributed by atoms with Gasteiger partial charge in [0.15, 0.2) is 17.3 Å². The lowest BCUT2D eigenvalue weighted by Gasteiger charge is -2.32. The number of ketones is 1. The Hall–Kier alpha value is -3.09. The fraction of sp³-hybridized carbons (Fsp3) is 0.350. The summed E-state index contributed by atoms with van der Waals surface area (Å²) in [6.07, 6.45) is 1.33. The minimum Gasteiger partial charge on any atom is -0.486 e. The van der Waals surface area contributed by atoms with Gasteiger partial charge in [0.1, 0.15) is 18.9 Å². The zero-order chi connectivity index (χ0) is 18.8. The zero-order valence-electron chi connectivity index (χ0n) is 14.8. The molecule has 2 heterocycles. The number of nitro groups is 1. The molecular formula is C20H20N2O5. The first-order valence-corrected chi connectivity index (χ1v) is 9.06. The molecule has 2 aliphatic rings. The first kappa shape index (κ1) is 17.3. The summed E-state index contributed by atoms with van der Waals surface area (Å²) in [5.41, 5.74) is 1.35. The van der Waals surface area contributed by atoms with Crippen LogP contribution >= 0.6 is 0 Å². The number of nitro benzene ring substituents is 1. The Morgan fingerprint density at radius 3 is 2.48 bits per heavy atom. The van der Waals surface area contributed by atoms with Crippen molar-refractivity contribution in [3.63, 3.8) is 0 Å². The number of benzene rings is 2. The van der Waals surface area contributed by atoms with Gasteiger partial charge in [-0.05, 0) is 37.1 Å². The summed E-state index contributed by atoms with van der Waals surface area (Å²) in [4.78, 5) is 25.8. The summed E-state index contributed by atoms with van der Waals surface area (Å²) >= 11 is 0. The number of carbonyl (C=O) groups excluding carboxylic acids is 1. The van der Waals surface area contributed by atoms with Crippen LogP contribution in [0.25, 0.3) is 0 Å². The van der Waals surface area contributed by atoms with E-state index in [0.29, 0.717) is 61.9 Å². The van der Waals surface area contributed by atoms with Crippen LogP contribution in [0.3, 0.4) is 0 Å². The normalized spacial score (nSPS) is 16.8. The van der Waals surface area contributed by atoms with Crippen LogP contribution in [-0.2, 0) is 0 Å². The van der Waals surface area contributed by atoms with E-state index in [1.54, 1.807) is 36.4 Å². The highest BCUT2D eigenvalue weighted by Gasteiger charge is 2.29. The van der Waals surface area contributed by atoms with Gasteiger partial charge in [0.25, 0.3) is 5.69 Å². The molecular weight excluding hydrogens is 348 g/mol. The van der Waals surface area contributed by atoms with Gasteiger partial charge >= 0.3 is 0 Å². The standard InChI is InChI=1S/C20H20N2O5/c23-20(15-5-6-18-19(13-15)27-12-11-26-18)14-7-9-21(10-8-14)16-3-1-2-4-17(16)22(24)25/h1-6,13-14H,7-12H2. The second kappa shape index (κ2) is 7.26. The van der Waals surface area contributed by atoms with Gasteiger partial charge < -0.3 is 14.4 Å². The van der Waals surface area contributed by atoms with Crippen molar-refractivity contribution in [2.75, 3.05) is 31.2 Å². The van der Waals surface area contributed by atoms with E-state index in [4.69, 9.17) is 9.47 Å². The van der Waals surface area contributed by atoms with Gasteiger partial charge in [0.05, 0.1) is 4.92 Å². The topological polar surface area (TPSA) is 81.9 Å². The van der Waals surface area contributed by atoms with E-state index in [0.717, 1.165) is 0 Å². The number of para-hydroxylation sites is 2. The van der Waals surface area contributed by atoms with Gasteiger partial charge in [0.2, 0.25) is 0 Å². The van der Waals surface area contributed by atoms with Crippen LogP contribution in [0.15, 0.2) is 42.5 Å². The Balaban J connectivity index is 1.45. The maximum absolute atomic E-state index is 12.9. The SMILES string of the molecule is O=C(c1ccc2c(c1)OCCO2)C1CCN(c2ccccc2[N+](=O)[O-])CC1. The van der Waals surface area contributed by atoms with Crippen LogP contribution in [0.2, 0.25) is 0 Å². The molecule has 0 atom stereocenters. The molecule has 0 amide bonds. The molecule has 4 rings (SSSR count). The second-order valence-corrected chi connectivity index (χ2v) is 6.73. The van der Waals surface area contributed by atoms with Crippen LogP contribution in [0.4, 0.5) is 11.4 Å². The molecule has 7 nitrogen and oxygen atoms in total. The van der Waals surface area contributed by atoms with Gasteiger partial charge in [0, 0.05) is 30.6 Å². The quantitative estimate of drug-likeness (QED) is 0.467. The zero-order valence-corrected chi connectivity index (χ0v) is 14.8. The van der Waals surface area contributed by atoms with Crippen molar-refractivity contribution in [1.82, 2.24) is 0 Å². The average Bonchev–Trinajstić information content (AvgIpc) is 2.73. The van der Waals surface area contributed by atoms with Crippen molar-refractivity contribution in [3.05, 3.63) is 58.1 Å². The third-order valence-electron chi connectivity index (χ3n) is 5.11. The van der Waals surface area contributed by atoms with E-state index in [1.807, 2.05) is 4.90 Å². The third-order valence-corrected chi connectivity index (χ3v) is 5.11. The summed E-state index contributed by atoms with van der Waals surface area (Å²) < 4.78 is 11.1. The van der Waals surface area contributed by atoms with Gasteiger partial charge in [-0.2, -0.15) is 0 Å². The molecule has 0 N–H and O–H groups in total. The number of piperidine rings is 1. The number of hydrogen-bond donors (Lipinski definition) is 0. The largest absolute Gasteiger partial charge is 0.486 e. The number of rotatable bonds is 4. The molecule has 0 saturated carbocycles. The van der Waals surface area contributed by atoms with Crippen LogP contribution in [0.5, 0.6) is 11.5 Å². The Bertz CT molecular complexity index is 874. The van der Waals surface area contributed by atoms with Crippen LogP contribution in [0, 0.1) is 16.0 Å². The number of carbonyl (C=O) groups is 1. The molecule has 0 bridgehead atoms. The molecule has 0 unspecified atom stereocenters. The monoisotopic (exact) mass is 368 g/mol. The number of Topliss-reactive ketones (excluding diaryl/α,β-unsaturated/α-hetero) is 1. The summed E-state index contributed by atoms with van der Waals surface area (Å²) in [5.74, 6) is 1.29. The van der Waals surface area contributed by atoms with Crippen molar-refractivity contribution in [1.29, 1.82) is 0 Å². The smallest absolute Gasteiger partial charge is 0.292 e. The van der Waals surface area contributed by atoms with Crippen molar-refractivity contribution in [2.24, 2.45) is 5.92 Å². The Morgan fingerprint density at radius 2 is 1.74 bits per heavy atom. The lowest BCUT2D eigenvalue weighted by molar-refractivity contribution is -0.384. The highest BCUT2D eigenvalue weighted by Crippen LogP contribution is 2.34. The molecule has 140 valence electrons. The molecule has 1 saturated heterocycles. The Labute approximate surface area is 156 Å². The second-order valence-electron chi connectivity index (χ2n) is 6.73. The van der Waals surface area contributed by atoms with E-state index in [1.165, 1.54) is 6.07 Å². The molecule has 2 aromatic rings. The maximum Gasteiger partial charge on any atom is 0.292 e. The number of hydrogen-bond acceptors (Lipinski definition) is 6. The summed E-state index contributed by atoms with van der Waals surface area (Å²) in [5, 5.41) is 11.2. The molecule has 7 heteroatoms. The van der Waals surface area contributed by atoms with Crippen LogP contribution < -0.4 is 14.4 Å². The predicted octanol–water partition coefficient (Wildman–Crippen LogP) is 3.47. The van der Waals surface area contributed by atoms with Crippen molar-refractivity contribution in [3.8, 4) is 11.5 Å². The number of ether oxygens (including phenoxy) is 2. The van der Waals surface area contributed by atoms with Gasteiger partial charge in [-0.3, -0.25) is 14.9 Å². The van der Waals surface area contributed by atoms with E-state index in [9.17, 15) is 14.9 Å². The Morgan fingerprint density at radius 1 is 1.04 bits per heavy atom. The Kier molecular flexibility index (Phi) is 4.66. The minimum atomic E-state index is -0.359. The highest BCUT2D eigenvalue weighted by molar-refractivity contribution is 5.98. The van der Waals surface area contributed by atoms with Gasteiger partial charge in [-0.1, -0.05) is 12.1 Å². The first-order valence-electron chi connectivity index (χ1n) is 9.06. The molecule has 2 aromatic carbocycles. The number of fused-ring (bicyclic) bond motifs is 1. The van der Waals surface area contributed by atoms with E-state index in [-0.39, 0.29) is 22.3 Å². The van der Waals surface area contributed by atoms with E-state index >= 15 is 0 Å². The molecule has 1 fully saturated rings. The fourth-order valence-electron chi connectivity index (χ4n) is 3.70. The van der Waals surface area contributed by atoms with E-state index < -0.39 is 0 Å². The van der Waals surface area contributed by atoms with E-state index in [2.05, 4.69) is 0 Å². The molecule has 0 aromatic heterocycles. The highest BCUT2D eigenvalue weighted by atomic mass is 16.6. The van der Waals surface area contributed by atoms with Crippen LogP contribution in [0.1, 0.15) is 23.2 Å². The lowest BCUT2D eigenvalue weighted by atomic mass is 9.88. The minimum absolute atomic E-state index is 0.0911. The van der Waals surface area contributed by atoms with Crippen molar-refractivity contribution < 1.29 is 19.2 Å². The van der Waals surface area contributed by atoms with Gasteiger partial charge in [-0.25, -0.2) is 0 Å². The number of anilines is 1. The summed E-state index contributed by atoms with van der Waals surface area (Å²) in [6, 6.07) is 12.1. The summed E-state index contributed by atoms with van der Waals surface area (Å²) in [7, 11) is 0. The third kappa shape index (κ3) is 3.45. The van der Waals surface area contributed by atoms with Crippen LogP contribution in [-0.4, -0.2) is 37.0 Å². The molecule has 0 radical (unpaired) electrons. The molecule has 27 heavy (non-hydrogen) atoms. The maximum atomic E-state index is 12.9.